The molecular weight excluding hydrogens is 210 g/mol. The molecule has 0 unspecified atom stereocenters. The number of hydrogen-bond donors (Lipinski definition) is 0. The Morgan fingerprint density at radius 1 is 1.35 bits per heavy atom. The summed E-state index contributed by atoms with van der Waals surface area (Å²) in [6.07, 6.45) is 2.87. The first-order valence-electron chi connectivity index (χ1n) is 5.90. The molecule has 2 rings (SSSR count). The third kappa shape index (κ3) is 1.91. The number of rotatable bonds is 3. The van der Waals surface area contributed by atoms with E-state index in [2.05, 4.69) is 30.5 Å². The lowest BCUT2D eigenvalue weighted by atomic mass is 10.1. The van der Waals surface area contributed by atoms with Crippen molar-refractivity contribution < 1.29 is 4.79 Å². The monoisotopic (exact) mass is 227 g/mol. The number of para-hydroxylation sites is 1. The van der Waals surface area contributed by atoms with Gasteiger partial charge in [-0.1, -0.05) is 18.2 Å². The van der Waals surface area contributed by atoms with Crippen LogP contribution in [0.4, 0.5) is 0 Å². The van der Waals surface area contributed by atoms with Crippen LogP contribution < -0.4 is 0 Å². The molecule has 2 nitrogen and oxygen atoms in total. The van der Waals surface area contributed by atoms with Gasteiger partial charge in [0, 0.05) is 28.7 Å². The number of allylic oxidation sites excluding steroid dienone is 1. The maximum atomic E-state index is 10.8. The Morgan fingerprint density at radius 2 is 2.06 bits per heavy atom. The highest BCUT2D eigenvalue weighted by molar-refractivity contribution is 5.94. The second-order valence-electron chi connectivity index (χ2n) is 4.27. The second kappa shape index (κ2) is 4.58. The molecule has 1 aromatic carbocycles. The number of aldehydes is 1. The van der Waals surface area contributed by atoms with E-state index in [1.54, 1.807) is 0 Å². The molecule has 0 saturated heterocycles. The SMILES string of the molecule is CCn1c(C)c(/C=C(\C)C=O)c2ccccc21. The van der Waals surface area contributed by atoms with Gasteiger partial charge in [-0.05, 0) is 38.5 Å². The number of carbonyl (C=O) groups excluding carboxylic acids is 1. The van der Waals surface area contributed by atoms with Gasteiger partial charge in [0.25, 0.3) is 0 Å². The Balaban J connectivity index is 2.78. The van der Waals surface area contributed by atoms with Gasteiger partial charge in [0.15, 0.2) is 0 Å². The van der Waals surface area contributed by atoms with Crippen molar-refractivity contribution in [3.63, 3.8) is 0 Å². The van der Waals surface area contributed by atoms with Crippen molar-refractivity contribution in [2.24, 2.45) is 0 Å². The third-order valence-electron chi connectivity index (χ3n) is 3.15. The molecule has 88 valence electrons. The van der Waals surface area contributed by atoms with E-state index in [9.17, 15) is 4.79 Å². The van der Waals surface area contributed by atoms with Crippen LogP contribution >= 0.6 is 0 Å². The van der Waals surface area contributed by atoms with Crippen LogP contribution in [0, 0.1) is 6.92 Å². The van der Waals surface area contributed by atoms with Gasteiger partial charge in [-0.2, -0.15) is 0 Å². The Hall–Kier alpha value is -1.83. The zero-order valence-electron chi connectivity index (χ0n) is 10.5. The third-order valence-corrected chi connectivity index (χ3v) is 3.15. The summed E-state index contributed by atoms with van der Waals surface area (Å²) in [5.74, 6) is 0. The summed E-state index contributed by atoms with van der Waals surface area (Å²) in [6, 6.07) is 8.32. The minimum atomic E-state index is 0.757. The van der Waals surface area contributed by atoms with Gasteiger partial charge >= 0.3 is 0 Å². The molecule has 0 radical (unpaired) electrons. The average Bonchev–Trinajstić information content (AvgIpc) is 2.62. The summed E-state index contributed by atoms with van der Waals surface area (Å²) in [4.78, 5) is 10.8. The molecule has 2 aromatic rings. The Morgan fingerprint density at radius 3 is 2.71 bits per heavy atom. The van der Waals surface area contributed by atoms with Crippen molar-refractivity contribution in [1.29, 1.82) is 0 Å². The predicted octanol–water partition coefficient (Wildman–Crippen LogP) is 3.57. The number of aromatic nitrogens is 1. The molecule has 0 spiro atoms. The van der Waals surface area contributed by atoms with Crippen molar-refractivity contribution in [3.8, 4) is 0 Å². The lowest BCUT2D eigenvalue weighted by molar-refractivity contribution is -0.104. The van der Waals surface area contributed by atoms with E-state index in [0.717, 1.165) is 24.0 Å². The van der Waals surface area contributed by atoms with Crippen molar-refractivity contribution in [3.05, 3.63) is 41.1 Å². The van der Waals surface area contributed by atoms with Crippen molar-refractivity contribution in [2.75, 3.05) is 0 Å². The Labute approximate surface area is 102 Å². The molecule has 0 aliphatic rings. The molecular formula is C15H17NO. The topological polar surface area (TPSA) is 22.0 Å². The summed E-state index contributed by atoms with van der Waals surface area (Å²) in [5.41, 5.74) is 4.37. The molecule has 1 aromatic heterocycles. The van der Waals surface area contributed by atoms with Crippen LogP contribution in [0.2, 0.25) is 0 Å². The van der Waals surface area contributed by atoms with E-state index in [-0.39, 0.29) is 0 Å². The first-order valence-corrected chi connectivity index (χ1v) is 5.90. The number of benzene rings is 1. The molecule has 0 saturated carbocycles. The zero-order valence-corrected chi connectivity index (χ0v) is 10.5. The molecule has 0 N–H and O–H groups in total. The van der Waals surface area contributed by atoms with Crippen LogP contribution in [0.15, 0.2) is 29.8 Å². The van der Waals surface area contributed by atoms with Gasteiger partial charge in [-0.25, -0.2) is 0 Å². The van der Waals surface area contributed by atoms with Gasteiger partial charge in [-0.15, -0.1) is 0 Å². The van der Waals surface area contributed by atoms with Gasteiger partial charge < -0.3 is 4.57 Å². The van der Waals surface area contributed by atoms with Crippen LogP contribution in [-0.4, -0.2) is 10.9 Å². The highest BCUT2D eigenvalue weighted by Gasteiger charge is 2.10. The van der Waals surface area contributed by atoms with Crippen molar-refractivity contribution >= 4 is 23.3 Å². The molecule has 17 heavy (non-hydrogen) atoms. The zero-order chi connectivity index (χ0) is 12.4. The number of carbonyl (C=O) groups is 1. The fourth-order valence-corrected chi connectivity index (χ4v) is 2.31. The minimum absolute atomic E-state index is 0.757. The largest absolute Gasteiger partial charge is 0.345 e. The number of hydrogen-bond acceptors (Lipinski definition) is 1. The van der Waals surface area contributed by atoms with E-state index in [0.29, 0.717) is 0 Å². The van der Waals surface area contributed by atoms with E-state index >= 15 is 0 Å². The van der Waals surface area contributed by atoms with Gasteiger partial charge in [0.1, 0.15) is 6.29 Å². The highest BCUT2D eigenvalue weighted by atomic mass is 16.1. The number of nitrogens with zero attached hydrogens (tertiary/aromatic N) is 1. The highest BCUT2D eigenvalue weighted by Crippen LogP contribution is 2.27. The predicted molar refractivity (Wildman–Crippen MR) is 72.1 cm³/mol. The fourth-order valence-electron chi connectivity index (χ4n) is 2.31. The smallest absolute Gasteiger partial charge is 0.145 e. The normalized spacial score (nSPS) is 12.1. The molecule has 0 bridgehead atoms. The summed E-state index contributed by atoms with van der Waals surface area (Å²) >= 11 is 0. The summed E-state index contributed by atoms with van der Waals surface area (Å²) in [6.45, 7) is 7.03. The average molecular weight is 227 g/mol. The number of aryl methyl sites for hydroxylation is 1. The van der Waals surface area contributed by atoms with E-state index < -0.39 is 0 Å². The molecule has 1 heterocycles. The summed E-state index contributed by atoms with van der Waals surface area (Å²) in [7, 11) is 0. The molecule has 0 amide bonds. The second-order valence-corrected chi connectivity index (χ2v) is 4.27. The maximum Gasteiger partial charge on any atom is 0.145 e. The quantitative estimate of drug-likeness (QED) is 0.580. The van der Waals surface area contributed by atoms with E-state index in [1.807, 2.05) is 25.1 Å². The van der Waals surface area contributed by atoms with Crippen LogP contribution in [0.5, 0.6) is 0 Å². The maximum absolute atomic E-state index is 10.8. The number of fused-ring (bicyclic) bond motifs is 1. The molecule has 0 atom stereocenters. The van der Waals surface area contributed by atoms with Crippen LogP contribution in [-0.2, 0) is 11.3 Å². The first-order chi connectivity index (χ1) is 8.19. The fraction of sp³-hybridized carbons (Fsp3) is 0.267. The molecule has 2 heteroatoms. The van der Waals surface area contributed by atoms with Crippen molar-refractivity contribution in [2.45, 2.75) is 27.3 Å². The van der Waals surface area contributed by atoms with Crippen LogP contribution in [0.25, 0.3) is 17.0 Å². The minimum Gasteiger partial charge on any atom is -0.345 e. The summed E-state index contributed by atoms with van der Waals surface area (Å²) < 4.78 is 2.28. The Bertz CT molecular complexity index is 590. The van der Waals surface area contributed by atoms with Gasteiger partial charge in [-0.3, -0.25) is 4.79 Å². The molecule has 0 fully saturated rings. The first kappa shape index (κ1) is 11.6. The van der Waals surface area contributed by atoms with Crippen LogP contribution in [0.3, 0.4) is 0 Å². The summed E-state index contributed by atoms with van der Waals surface area (Å²) in [5, 5.41) is 1.22. The Kier molecular flexibility index (Phi) is 3.14. The van der Waals surface area contributed by atoms with Crippen molar-refractivity contribution in [1.82, 2.24) is 4.57 Å². The standard InChI is InChI=1S/C15H17NO/c1-4-16-12(3)14(9-11(2)10-17)13-7-5-6-8-15(13)16/h5-10H,4H2,1-3H3/b11-9+. The van der Waals surface area contributed by atoms with Crippen LogP contribution in [0.1, 0.15) is 25.1 Å². The lowest BCUT2D eigenvalue weighted by Gasteiger charge is -2.03. The lowest BCUT2D eigenvalue weighted by Crippen LogP contribution is -1.96. The van der Waals surface area contributed by atoms with E-state index in [1.165, 1.54) is 16.6 Å². The molecule has 0 aliphatic heterocycles. The van der Waals surface area contributed by atoms with Gasteiger partial charge in [0.05, 0.1) is 0 Å². The van der Waals surface area contributed by atoms with Gasteiger partial charge in [0.2, 0.25) is 0 Å². The molecule has 0 aliphatic carbocycles. The van der Waals surface area contributed by atoms with E-state index in [4.69, 9.17) is 0 Å².